The summed E-state index contributed by atoms with van der Waals surface area (Å²) in [4.78, 5) is 14.2. The van der Waals surface area contributed by atoms with Gasteiger partial charge in [0.2, 0.25) is 0 Å². The SMILES string of the molecule is Cc1ncc(Cc2csc(CNCc3ccccn3)c2C)c(N)n1. The largest absolute Gasteiger partial charge is 0.383 e. The average molecular weight is 339 g/mol. The van der Waals surface area contributed by atoms with Crippen LogP contribution in [0.3, 0.4) is 0 Å². The van der Waals surface area contributed by atoms with Crippen molar-refractivity contribution in [2.75, 3.05) is 5.73 Å². The van der Waals surface area contributed by atoms with Crippen molar-refractivity contribution in [2.24, 2.45) is 0 Å². The van der Waals surface area contributed by atoms with E-state index in [9.17, 15) is 0 Å². The zero-order chi connectivity index (χ0) is 16.9. The van der Waals surface area contributed by atoms with Gasteiger partial charge in [-0.1, -0.05) is 6.07 Å². The van der Waals surface area contributed by atoms with Crippen LogP contribution in [0, 0.1) is 13.8 Å². The van der Waals surface area contributed by atoms with E-state index in [4.69, 9.17) is 5.73 Å². The number of hydrogen-bond acceptors (Lipinski definition) is 6. The lowest BCUT2D eigenvalue weighted by Crippen LogP contribution is -2.13. The molecular formula is C18H21N5S. The molecule has 0 aliphatic heterocycles. The molecule has 3 aromatic rings. The van der Waals surface area contributed by atoms with E-state index in [1.165, 1.54) is 16.0 Å². The van der Waals surface area contributed by atoms with Crippen molar-refractivity contribution in [3.8, 4) is 0 Å². The van der Waals surface area contributed by atoms with Crippen LogP contribution >= 0.6 is 11.3 Å². The Labute approximate surface area is 146 Å². The molecule has 24 heavy (non-hydrogen) atoms. The number of hydrogen-bond donors (Lipinski definition) is 2. The van der Waals surface area contributed by atoms with Gasteiger partial charge >= 0.3 is 0 Å². The summed E-state index contributed by atoms with van der Waals surface area (Å²) in [5, 5.41) is 5.65. The number of rotatable bonds is 6. The molecule has 3 heterocycles. The molecule has 0 amide bonds. The number of nitrogens with one attached hydrogen (secondary N) is 1. The van der Waals surface area contributed by atoms with Gasteiger partial charge in [0.1, 0.15) is 11.6 Å². The Kier molecular flexibility index (Phi) is 5.17. The van der Waals surface area contributed by atoms with Crippen LogP contribution in [0.1, 0.15) is 33.1 Å². The fraction of sp³-hybridized carbons (Fsp3) is 0.278. The fourth-order valence-electron chi connectivity index (χ4n) is 2.51. The van der Waals surface area contributed by atoms with Crippen molar-refractivity contribution in [2.45, 2.75) is 33.4 Å². The molecule has 0 aliphatic rings. The zero-order valence-corrected chi connectivity index (χ0v) is 14.7. The molecule has 0 bridgehead atoms. The quantitative estimate of drug-likeness (QED) is 0.722. The molecule has 0 radical (unpaired) electrons. The summed E-state index contributed by atoms with van der Waals surface area (Å²) in [7, 11) is 0. The van der Waals surface area contributed by atoms with E-state index >= 15 is 0 Å². The molecule has 0 unspecified atom stereocenters. The van der Waals surface area contributed by atoms with Crippen molar-refractivity contribution in [1.29, 1.82) is 0 Å². The lowest BCUT2D eigenvalue weighted by Gasteiger charge is -2.07. The highest BCUT2D eigenvalue weighted by Gasteiger charge is 2.10. The third-order valence-corrected chi connectivity index (χ3v) is 5.10. The first-order valence-electron chi connectivity index (χ1n) is 7.88. The van der Waals surface area contributed by atoms with Crippen molar-refractivity contribution in [3.63, 3.8) is 0 Å². The standard InChI is InChI=1S/C18H21N5S/c1-12-15(7-14-8-22-13(2)23-18(14)19)11-24-17(12)10-20-9-16-5-3-4-6-21-16/h3-6,8,11,20H,7,9-10H2,1-2H3,(H2,19,22,23). The van der Waals surface area contributed by atoms with Gasteiger partial charge in [-0.25, -0.2) is 9.97 Å². The van der Waals surface area contributed by atoms with E-state index in [-0.39, 0.29) is 0 Å². The van der Waals surface area contributed by atoms with Gasteiger partial charge in [-0.2, -0.15) is 0 Å². The van der Waals surface area contributed by atoms with Gasteiger partial charge in [0.25, 0.3) is 0 Å². The predicted octanol–water partition coefficient (Wildman–Crippen LogP) is 3.01. The van der Waals surface area contributed by atoms with Gasteiger partial charge in [-0.15, -0.1) is 11.3 Å². The maximum Gasteiger partial charge on any atom is 0.130 e. The minimum atomic E-state index is 0.572. The number of aromatic nitrogens is 3. The topological polar surface area (TPSA) is 76.7 Å². The molecule has 5 nitrogen and oxygen atoms in total. The van der Waals surface area contributed by atoms with Crippen molar-refractivity contribution in [3.05, 3.63) is 69.1 Å². The number of nitrogens with two attached hydrogens (primary N) is 1. The summed E-state index contributed by atoms with van der Waals surface area (Å²) in [5.74, 6) is 1.28. The van der Waals surface area contributed by atoms with Crippen LogP contribution in [0.4, 0.5) is 5.82 Å². The Hall–Kier alpha value is -2.31. The van der Waals surface area contributed by atoms with Crippen molar-refractivity contribution < 1.29 is 0 Å². The molecule has 3 aromatic heterocycles. The smallest absolute Gasteiger partial charge is 0.130 e. The van der Waals surface area contributed by atoms with Gasteiger partial charge in [-0.3, -0.25) is 4.98 Å². The van der Waals surface area contributed by atoms with Crippen LogP contribution < -0.4 is 11.1 Å². The van der Waals surface area contributed by atoms with Gasteiger partial charge in [0.15, 0.2) is 0 Å². The summed E-state index contributed by atoms with van der Waals surface area (Å²) < 4.78 is 0. The first-order chi connectivity index (χ1) is 11.6. The maximum absolute atomic E-state index is 6.00. The van der Waals surface area contributed by atoms with Crippen LogP contribution in [-0.2, 0) is 19.5 Å². The zero-order valence-electron chi connectivity index (χ0n) is 13.9. The summed E-state index contributed by atoms with van der Waals surface area (Å²) >= 11 is 1.78. The van der Waals surface area contributed by atoms with Crippen LogP contribution in [-0.4, -0.2) is 15.0 Å². The highest BCUT2D eigenvalue weighted by Crippen LogP contribution is 2.25. The monoisotopic (exact) mass is 339 g/mol. The van der Waals surface area contributed by atoms with Crippen molar-refractivity contribution in [1.82, 2.24) is 20.3 Å². The van der Waals surface area contributed by atoms with E-state index in [0.29, 0.717) is 11.6 Å². The molecule has 6 heteroatoms. The highest BCUT2D eigenvalue weighted by molar-refractivity contribution is 7.10. The van der Waals surface area contributed by atoms with E-state index in [1.54, 1.807) is 11.3 Å². The Morgan fingerprint density at radius 2 is 2.00 bits per heavy atom. The number of nitrogen functional groups attached to an aromatic ring is 1. The number of thiophene rings is 1. The van der Waals surface area contributed by atoms with E-state index in [0.717, 1.165) is 30.8 Å². The first-order valence-corrected chi connectivity index (χ1v) is 8.76. The molecule has 0 saturated carbocycles. The van der Waals surface area contributed by atoms with Crippen molar-refractivity contribution >= 4 is 17.2 Å². The summed E-state index contributed by atoms with van der Waals surface area (Å²) in [6.07, 6.45) is 4.42. The Bertz CT molecular complexity index is 814. The molecule has 3 rings (SSSR count). The molecule has 3 N–H and O–H groups in total. The number of anilines is 1. The van der Waals surface area contributed by atoms with E-state index < -0.39 is 0 Å². The molecule has 0 atom stereocenters. The molecule has 0 spiro atoms. The number of nitrogens with zero attached hydrogens (tertiary/aromatic N) is 3. The molecule has 0 aliphatic carbocycles. The molecular weight excluding hydrogens is 318 g/mol. The third kappa shape index (κ3) is 3.96. The normalized spacial score (nSPS) is 10.9. The molecule has 0 saturated heterocycles. The Morgan fingerprint density at radius 1 is 1.12 bits per heavy atom. The van der Waals surface area contributed by atoms with Crippen LogP contribution in [0.5, 0.6) is 0 Å². The van der Waals surface area contributed by atoms with Crippen LogP contribution in [0.2, 0.25) is 0 Å². The summed E-state index contributed by atoms with van der Waals surface area (Å²) in [6, 6.07) is 5.96. The summed E-state index contributed by atoms with van der Waals surface area (Å²) in [6.45, 7) is 5.62. The number of pyridine rings is 1. The lowest BCUT2D eigenvalue weighted by molar-refractivity contribution is 0.684. The predicted molar refractivity (Wildman–Crippen MR) is 97.8 cm³/mol. The Morgan fingerprint density at radius 3 is 2.75 bits per heavy atom. The second-order valence-corrected chi connectivity index (χ2v) is 6.70. The lowest BCUT2D eigenvalue weighted by atomic mass is 10.1. The Balaban J connectivity index is 1.63. The first kappa shape index (κ1) is 16.5. The van der Waals surface area contributed by atoms with Gasteiger partial charge < -0.3 is 11.1 Å². The second kappa shape index (κ2) is 7.51. The van der Waals surface area contributed by atoms with E-state index in [2.05, 4.69) is 32.6 Å². The number of aryl methyl sites for hydroxylation is 1. The average Bonchev–Trinajstić information content (AvgIpc) is 2.92. The second-order valence-electron chi connectivity index (χ2n) is 5.74. The fourth-order valence-corrected chi connectivity index (χ4v) is 3.55. The van der Waals surface area contributed by atoms with Gasteiger partial charge in [-0.05, 0) is 42.5 Å². The van der Waals surface area contributed by atoms with Crippen LogP contribution in [0.25, 0.3) is 0 Å². The minimum Gasteiger partial charge on any atom is -0.383 e. The molecule has 124 valence electrons. The minimum absolute atomic E-state index is 0.572. The van der Waals surface area contributed by atoms with E-state index in [1.807, 2.05) is 37.5 Å². The van der Waals surface area contributed by atoms with Gasteiger partial charge in [0, 0.05) is 42.3 Å². The van der Waals surface area contributed by atoms with Gasteiger partial charge in [0.05, 0.1) is 5.69 Å². The maximum atomic E-state index is 6.00. The molecule has 0 aromatic carbocycles. The third-order valence-electron chi connectivity index (χ3n) is 3.96. The summed E-state index contributed by atoms with van der Waals surface area (Å²) in [5.41, 5.74) is 10.6. The highest BCUT2D eigenvalue weighted by atomic mass is 32.1. The van der Waals surface area contributed by atoms with Crippen LogP contribution in [0.15, 0.2) is 36.0 Å². The molecule has 0 fully saturated rings.